The molecule has 1 fully saturated rings. The predicted molar refractivity (Wildman–Crippen MR) is 142 cm³/mol. The van der Waals surface area contributed by atoms with Gasteiger partial charge in [0.25, 0.3) is 10.0 Å². The summed E-state index contributed by atoms with van der Waals surface area (Å²) in [4.78, 5) is 27.5. The molecule has 194 valence electrons. The molecule has 0 bridgehead atoms. The zero-order chi connectivity index (χ0) is 26.4. The van der Waals surface area contributed by atoms with E-state index in [9.17, 15) is 22.4 Å². The van der Waals surface area contributed by atoms with E-state index in [0.29, 0.717) is 13.0 Å². The highest BCUT2D eigenvalue weighted by Crippen LogP contribution is 2.26. The van der Waals surface area contributed by atoms with Gasteiger partial charge in [-0.15, -0.1) is 11.8 Å². The van der Waals surface area contributed by atoms with Crippen LogP contribution in [0.15, 0.2) is 82.6 Å². The lowest BCUT2D eigenvalue weighted by atomic mass is 10.1. The van der Waals surface area contributed by atoms with Crippen LogP contribution in [-0.4, -0.2) is 44.5 Å². The molecule has 0 radical (unpaired) electrons. The maximum Gasteiger partial charge on any atom is 0.264 e. The van der Waals surface area contributed by atoms with Gasteiger partial charge in [0, 0.05) is 31.0 Å². The Balaban J connectivity index is 1.48. The zero-order valence-corrected chi connectivity index (χ0v) is 22.0. The van der Waals surface area contributed by atoms with Gasteiger partial charge in [-0.25, -0.2) is 12.8 Å². The summed E-state index contributed by atoms with van der Waals surface area (Å²) in [7, 11) is -4.14. The molecule has 1 N–H and O–H groups in total. The summed E-state index contributed by atoms with van der Waals surface area (Å²) >= 11 is 1.48. The number of rotatable bonds is 10. The van der Waals surface area contributed by atoms with Crippen molar-refractivity contribution in [1.82, 2.24) is 10.2 Å². The third-order valence-electron chi connectivity index (χ3n) is 6.06. The smallest absolute Gasteiger partial charge is 0.264 e. The molecule has 1 saturated heterocycles. The molecule has 1 heterocycles. The van der Waals surface area contributed by atoms with Crippen LogP contribution in [0.1, 0.15) is 24.0 Å². The molecule has 37 heavy (non-hydrogen) atoms. The maximum atomic E-state index is 14.0. The molecule has 0 aromatic heterocycles. The van der Waals surface area contributed by atoms with Crippen LogP contribution in [0.2, 0.25) is 0 Å². The number of halogens is 1. The van der Waals surface area contributed by atoms with Crippen LogP contribution in [0.3, 0.4) is 0 Å². The minimum absolute atomic E-state index is 0.00604. The van der Waals surface area contributed by atoms with Crippen molar-refractivity contribution in [3.8, 4) is 0 Å². The summed E-state index contributed by atoms with van der Waals surface area (Å²) in [5.74, 6) is -1.00. The molecule has 2 amide bonds. The first-order valence-corrected chi connectivity index (χ1v) is 14.5. The summed E-state index contributed by atoms with van der Waals surface area (Å²) in [5, 5.41) is 2.76. The molecule has 3 aromatic carbocycles. The Morgan fingerprint density at radius 2 is 1.78 bits per heavy atom. The summed E-state index contributed by atoms with van der Waals surface area (Å²) < 4.78 is 41.8. The summed E-state index contributed by atoms with van der Waals surface area (Å²) in [6.45, 7) is 0.920. The fraction of sp³-hybridized carbons (Fsp3) is 0.259. The van der Waals surface area contributed by atoms with Crippen LogP contribution in [0, 0.1) is 5.82 Å². The number of benzene rings is 3. The number of nitrogens with zero attached hydrogens (tertiary/aromatic N) is 2. The molecule has 7 nitrogen and oxygen atoms in total. The minimum atomic E-state index is -4.14. The number of carbonyl (C=O) groups excluding carboxylic acids is 2. The van der Waals surface area contributed by atoms with Gasteiger partial charge in [0.05, 0.1) is 10.6 Å². The third kappa shape index (κ3) is 6.69. The van der Waals surface area contributed by atoms with Crippen molar-refractivity contribution in [1.29, 1.82) is 0 Å². The van der Waals surface area contributed by atoms with Gasteiger partial charge in [-0.1, -0.05) is 30.3 Å². The summed E-state index contributed by atoms with van der Waals surface area (Å²) in [6, 6.07) is 19.0. The van der Waals surface area contributed by atoms with E-state index in [1.54, 1.807) is 12.1 Å². The van der Waals surface area contributed by atoms with Crippen molar-refractivity contribution in [2.45, 2.75) is 35.7 Å². The van der Waals surface area contributed by atoms with Gasteiger partial charge in [-0.05, 0) is 66.3 Å². The number of thioether (sulfide) groups is 1. The quantitative estimate of drug-likeness (QED) is 0.389. The summed E-state index contributed by atoms with van der Waals surface area (Å²) in [5.41, 5.74) is 1.84. The number of anilines is 1. The predicted octanol–water partition coefficient (Wildman–Crippen LogP) is 4.18. The van der Waals surface area contributed by atoms with Crippen LogP contribution in [0.4, 0.5) is 10.1 Å². The minimum Gasteiger partial charge on any atom is -0.350 e. The number of likely N-dealkylation sites (tertiary alicyclic amines) is 1. The normalized spacial score (nSPS) is 13.6. The van der Waals surface area contributed by atoms with Gasteiger partial charge < -0.3 is 10.2 Å². The van der Waals surface area contributed by atoms with Crippen LogP contribution in [0.25, 0.3) is 0 Å². The number of nitrogens with one attached hydrogen (secondary N) is 1. The SMILES string of the molecule is CSc1ccc(S(=O)(=O)N(CC(=O)NCc2cccc(CN3CCCC3=O)c2)c2cccc(F)c2)cc1. The van der Waals surface area contributed by atoms with E-state index >= 15 is 0 Å². The van der Waals surface area contributed by atoms with Crippen LogP contribution >= 0.6 is 11.8 Å². The first-order valence-electron chi connectivity index (χ1n) is 11.8. The van der Waals surface area contributed by atoms with Gasteiger partial charge in [0.1, 0.15) is 12.4 Å². The molecule has 0 atom stereocenters. The van der Waals surface area contributed by atoms with Crippen molar-refractivity contribution in [2.75, 3.05) is 23.7 Å². The molecule has 0 unspecified atom stereocenters. The highest BCUT2D eigenvalue weighted by molar-refractivity contribution is 7.98. The molecule has 0 aliphatic carbocycles. The molecule has 1 aliphatic rings. The van der Waals surface area contributed by atoms with Gasteiger partial charge in [-0.3, -0.25) is 13.9 Å². The lowest BCUT2D eigenvalue weighted by Crippen LogP contribution is -2.40. The number of carbonyl (C=O) groups is 2. The molecule has 4 rings (SSSR count). The Morgan fingerprint density at radius 3 is 2.46 bits per heavy atom. The lowest BCUT2D eigenvalue weighted by molar-refractivity contribution is -0.128. The molecule has 10 heteroatoms. The van der Waals surface area contributed by atoms with Crippen LogP contribution in [-0.2, 0) is 32.7 Å². The van der Waals surface area contributed by atoms with Crippen LogP contribution in [0.5, 0.6) is 0 Å². The monoisotopic (exact) mass is 541 g/mol. The first kappa shape index (κ1) is 26.7. The fourth-order valence-corrected chi connectivity index (χ4v) is 5.96. The van der Waals surface area contributed by atoms with Crippen molar-refractivity contribution in [2.24, 2.45) is 0 Å². The van der Waals surface area contributed by atoms with E-state index < -0.39 is 28.3 Å². The topological polar surface area (TPSA) is 86.8 Å². The van der Waals surface area contributed by atoms with E-state index in [0.717, 1.165) is 39.4 Å². The Labute approximate surface area is 220 Å². The number of hydrogen-bond donors (Lipinski definition) is 1. The zero-order valence-electron chi connectivity index (χ0n) is 20.4. The summed E-state index contributed by atoms with van der Waals surface area (Å²) in [6.07, 6.45) is 3.32. The third-order valence-corrected chi connectivity index (χ3v) is 8.59. The maximum absolute atomic E-state index is 14.0. The number of amides is 2. The number of sulfonamides is 1. The van der Waals surface area contributed by atoms with Gasteiger partial charge in [0.2, 0.25) is 11.8 Å². The lowest BCUT2D eigenvalue weighted by Gasteiger charge is -2.24. The Bertz CT molecular complexity index is 1380. The average Bonchev–Trinajstić information content (AvgIpc) is 3.30. The van der Waals surface area contributed by atoms with Gasteiger partial charge in [0.15, 0.2) is 0 Å². The highest BCUT2D eigenvalue weighted by Gasteiger charge is 2.27. The molecular formula is C27H28FN3O4S2. The molecule has 0 spiro atoms. The standard InChI is InChI=1S/C27H28FN3O4S2/c1-36-24-10-12-25(13-11-24)37(34,35)31(23-8-3-7-22(28)16-23)19-26(32)29-17-20-5-2-6-21(15-20)18-30-14-4-9-27(30)33/h2-3,5-8,10-13,15-16H,4,9,14,17-19H2,1H3,(H,29,32). The highest BCUT2D eigenvalue weighted by atomic mass is 32.2. The fourth-order valence-electron chi connectivity index (χ4n) is 4.14. The second kappa shape index (κ2) is 11.8. The van der Waals surface area contributed by atoms with Crippen molar-refractivity contribution in [3.05, 3.63) is 89.7 Å². The molecule has 1 aliphatic heterocycles. The average molecular weight is 542 g/mol. The van der Waals surface area contributed by atoms with Crippen molar-refractivity contribution >= 4 is 39.3 Å². The number of hydrogen-bond acceptors (Lipinski definition) is 5. The Morgan fingerprint density at radius 1 is 1.05 bits per heavy atom. The Hall–Kier alpha value is -3.37. The van der Waals surface area contributed by atoms with E-state index in [1.807, 2.05) is 35.4 Å². The van der Waals surface area contributed by atoms with Gasteiger partial charge >= 0.3 is 0 Å². The van der Waals surface area contributed by atoms with E-state index in [2.05, 4.69) is 5.32 Å². The van der Waals surface area contributed by atoms with Gasteiger partial charge in [-0.2, -0.15) is 0 Å². The van der Waals surface area contributed by atoms with E-state index in [4.69, 9.17) is 0 Å². The largest absolute Gasteiger partial charge is 0.350 e. The van der Waals surface area contributed by atoms with Crippen molar-refractivity contribution in [3.63, 3.8) is 0 Å². The second-order valence-corrected chi connectivity index (χ2v) is 11.4. The van der Waals surface area contributed by atoms with E-state index in [1.165, 1.54) is 42.1 Å². The van der Waals surface area contributed by atoms with Crippen molar-refractivity contribution < 1.29 is 22.4 Å². The van der Waals surface area contributed by atoms with E-state index in [-0.39, 0.29) is 23.0 Å². The molecular weight excluding hydrogens is 513 g/mol. The first-order chi connectivity index (χ1) is 17.8. The molecule has 3 aromatic rings. The van der Waals surface area contributed by atoms with Crippen LogP contribution < -0.4 is 9.62 Å². The second-order valence-electron chi connectivity index (χ2n) is 8.68. The molecule has 0 saturated carbocycles. The Kier molecular flexibility index (Phi) is 8.50.